The third-order valence-electron chi connectivity index (χ3n) is 1.29. The molecule has 0 saturated carbocycles. The van der Waals surface area contributed by atoms with E-state index in [2.05, 4.69) is 25.7 Å². The van der Waals surface area contributed by atoms with Crippen LogP contribution in [-0.2, 0) is 4.74 Å². The average Bonchev–Trinajstić information content (AvgIpc) is 1.96. The van der Waals surface area contributed by atoms with E-state index in [-0.39, 0.29) is 0 Å². The molecule has 0 aromatic heterocycles. The van der Waals surface area contributed by atoms with Gasteiger partial charge in [0.25, 0.3) is 0 Å². The van der Waals surface area contributed by atoms with E-state index in [4.69, 9.17) is 4.74 Å². The largest absolute Gasteiger partial charge is 0.502 e. The average molecular weight is 157 g/mol. The summed E-state index contributed by atoms with van der Waals surface area (Å²) in [7, 11) is 0. The Morgan fingerprint density at radius 3 is 2.82 bits per heavy atom. The lowest BCUT2D eigenvalue weighted by atomic mass is 10.2. The summed E-state index contributed by atoms with van der Waals surface area (Å²) in [5.74, 6) is 0.732. The molecule has 0 aliphatic rings. The van der Waals surface area contributed by atoms with E-state index < -0.39 is 0 Å². The predicted molar refractivity (Wildman–Crippen MR) is 48.5 cm³/mol. The second-order valence-corrected chi connectivity index (χ2v) is 2.99. The van der Waals surface area contributed by atoms with Crippen molar-refractivity contribution in [3.63, 3.8) is 0 Å². The number of ether oxygens (including phenoxy) is 1. The lowest BCUT2D eigenvalue weighted by Gasteiger charge is -2.06. The van der Waals surface area contributed by atoms with Crippen molar-refractivity contribution in [2.75, 3.05) is 19.7 Å². The maximum atomic E-state index is 4.96. The van der Waals surface area contributed by atoms with Crippen LogP contribution < -0.4 is 5.32 Å². The summed E-state index contributed by atoms with van der Waals surface area (Å²) < 4.78 is 4.96. The van der Waals surface area contributed by atoms with Gasteiger partial charge in [0.05, 0.1) is 12.9 Å². The van der Waals surface area contributed by atoms with Crippen LogP contribution in [0.4, 0.5) is 0 Å². The van der Waals surface area contributed by atoms with Crippen LogP contribution in [0.1, 0.15) is 20.3 Å². The van der Waals surface area contributed by atoms with Gasteiger partial charge in [0.15, 0.2) is 0 Å². The molecule has 0 heterocycles. The quantitative estimate of drug-likeness (QED) is 0.449. The Morgan fingerprint density at radius 2 is 2.27 bits per heavy atom. The molecule has 0 fully saturated rings. The van der Waals surface area contributed by atoms with Crippen LogP contribution in [0.3, 0.4) is 0 Å². The van der Waals surface area contributed by atoms with Crippen molar-refractivity contribution in [3.05, 3.63) is 12.8 Å². The van der Waals surface area contributed by atoms with Crippen LogP contribution in [0.5, 0.6) is 0 Å². The fourth-order valence-corrected chi connectivity index (χ4v) is 0.755. The van der Waals surface area contributed by atoms with E-state index in [9.17, 15) is 0 Å². The van der Waals surface area contributed by atoms with E-state index in [1.165, 1.54) is 6.26 Å². The molecule has 0 aromatic rings. The van der Waals surface area contributed by atoms with E-state index in [0.717, 1.165) is 32.0 Å². The monoisotopic (exact) mass is 157 g/mol. The third kappa shape index (κ3) is 9.50. The lowest BCUT2D eigenvalue weighted by molar-refractivity contribution is 0.244. The molecule has 0 aromatic carbocycles. The molecular weight excluding hydrogens is 138 g/mol. The molecule has 0 unspecified atom stereocenters. The molecule has 0 atom stereocenters. The molecule has 1 N–H and O–H groups in total. The first-order chi connectivity index (χ1) is 5.27. The number of hydrogen-bond acceptors (Lipinski definition) is 2. The lowest BCUT2D eigenvalue weighted by Crippen LogP contribution is -2.21. The Hall–Kier alpha value is -0.500. The maximum Gasteiger partial charge on any atom is 0.0885 e. The molecule has 0 aliphatic carbocycles. The van der Waals surface area contributed by atoms with E-state index in [1.54, 1.807) is 0 Å². The summed E-state index contributed by atoms with van der Waals surface area (Å²) in [5.41, 5.74) is 0. The minimum absolute atomic E-state index is 0.732. The van der Waals surface area contributed by atoms with E-state index in [1.807, 2.05) is 0 Å². The van der Waals surface area contributed by atoms with Gasteiger partial charge in [-0.25, -0.2) is 0 Å². The highest BCUT2D eigenvalue weighted by Crippen LogP contribution is 1.87. The first kappa shape index (κ1) is 10.5. The molecule has 0 rings (SSSR count). The molecule has 0 spiro atoms. The first-order valence-corrected chi connectivity index (χ1v) is 4.20. The van der Waals surface area contributed by atoms with Gasteiger partial charge in [-0.05, 0) is 25.4 Å². The van der Waals surface area contributed by atoms with Gasteiger partial charge in [0.2, 0.25) is 0 Å². The SMILES string of the molecule is C=COCCCNCC(C)C. The van der Waals surface area contributed by atoms with Gasteiger partial charge in [0.1, 0.15) is 0 Å². The van der Waals surface area contributed by atoms with Gasteiger partial charge in [-0.1, -0.05) is 20.4 Å². The zero-order valence-corrected chi connectivity index (χ0v) is 7.60. The van der Waals surface area contributed by atoms with Crippen LogP contribution >= 0.6 is 0 Å². The zero-order chi connectivity index (χ0) is 8.53. The van der Waals surface area contributed by atoms with Crippen LogP contribution in [0.2, 0.25) is 0 Å². The maximum absolute atomic E-state index is 4.96. The molecule has 0 radical (unpaired) electrons. The van der Waals surface area contributed by atoms with Crippen molar-refractivity contribution in [1.29, 1.82) is 0 Å². The van der Waals surface area contributed by atoms with Gasteiger partial charge >= 0.3 is 0 Å². The van der Waals surface area contributed by atoms with Crippen LogP contribution in [0, 0.1) is 5.92 Å². The molecule has 0 amide bonds. The highest BCUT2D eigenvalue weighted by atomic mass is 16.5. The molecule has 0 bridgehead atoms. The fourth-order valence-electron chi connectivity index (χ4n) is 0.755. The van der Waals surface area contributed by atoms with Gasteiger partial charge in [-0.15, -0.1) is 0 Å². The van der Waals surface area contributed by atoms with Crippen molar-refractivity contribution < 1.29 is 4.74 Å². The molecule has 11 heavy (non-hydrogen) atoms. The van der Waals surface area contributed by atoms with Gasteiger partial charge in [-0.3, -0.25) is 0 Å². The Morgan fingerprint density at radius 1 is 1.55 bits per heavy atom. The minimum Gasteiger partial charge on any atom is -0.502 e. The summed E-state index contributed by atoms with van der Waals surface area (Å²) in [6.07, 6.45) is 2.54. The zero-order valence-electron chi connectivity index (χ0n) is 7.60. The van der Waals surface area contributed by atoms with Crippen molar-refractivity contribution in [2.45, 2.75) is 20.3 Å². The topological polar surface area (TPSA) is 21.3 Å². The Balaban J connectivity index is 2.85. The number of rotatable bonds is 7. The summed E-state index contributed by atoms with van der Waals surface area (Å²) >= 11 is 0. The summed E-state index contributed by atoms with van der Waals surface area (Å²) in [4.78, 5) is 0. The van der Waals surface area contributed by atoms with Crippen LogP contribution in [0.25, 0.3) is 0 Å². The standard InChI is InChI=1S/C9H19NO/c1-4-11-7-5-6-10-8-9(2)3/h4,9-10H,1,5-8H2,2-3H3. The highest BCUT2D eigenvalue weighted by molar-refractivity contribution is 4.53. The smallest absolute Gasteiger partial charge is 0.0885 e. The second-order valence-electron chi connectivity index (χ2n) is 2.99. The van der Waals surface area contributed by atoms with Crippen molar-refractivity contribution in [3.8, 4) is 0 Å². The Labute approximate surface area is 69.6 Å². The molecule has 0 saturated heterocycles. The highest BCUT2D eigenvalue weighted by Gasteiger charge is 1.91. The predicted octanol–water partition coefficient (Wildman–Crippen LogP) is 1.78. The molecule has 2 nitrogen and oxygen atoms in total. The van der Waals surface area contributed by atoms with Gasteiger partial charge in [-0.2, -0.15) is 0 Å². The Bertz CT molecular complexity index is 91.6. The molecule has 2 heteroatoms. The third-order valence-corrected chi connectivity index (χ3v) is 1.29. The van der Waals surface area contributed by atoms with Crippen molar-refractivity contribution >= 4 is 0 Å². The summed E-state index contributed by atoms with van der Waals surface area (Å²) in [6, 6.07) is 0. The van der Waals surface area contributed by atoms with E-state index in [0.29, 0.717) is 0 Å². The first-order valence-electron chi connectivity index (χ1n) is 4.20. The van der Waals surface area contributed by atoms with Gasteiger partial charge in [0, 0.05) is 0 Å². The second kappa shape index (κ2) is 7.61. The summed E-state index contributed by atoms with van der Waals surface area (Å²) in [6.45, 7) is 10.8. The van der Waals surface area contributed by atoms with Crippen molar-refractivity contribution in [1.82, 2.24) is 5.32 Å². The molecule has 0 aliphatic heterocycles. The Kier molecular flexibility index (Phi) is 7.26. The molecule has 66 valence electrons. The number of hydrogen-bond donors (Lipinski definition) is 1. The fraction of sp³-hybridized carbons (Fsp3) is 0.778. The van der Waals surface area contributed by atoms with E-state index >= 15 is 0 Å². The minimum atomic E-state index is 0.732. The number of nitrogens with one attached hydrogen (secondary N) is 1. The van der Waals surface area contributed by atoms with Crippen molar-refractivity contribution in [2.24, 2.45) is 5.92 Å². The van der Waals surface area contributed by atoms with Gasteiger partial charge < -0.3 is 10.1 Å². The van der Waals surface area contributed by atoms with Crippen LogP contribution in [0.15, 0.2) is 12.8 Å². The summed E-state index contributed by atoms with van der Waals surface area (Å²) in [5, 5.41) is 3.33. The normalized spacial score (nSPS) is 10.1. The molecular formula is C9H19NO. The van der Waals surface area contributed by atoms with Crippen LogP contribution in [-0.4, -0.2) is 19.7 Å².